The second-order valence-electron chi connectivity index (χ2n) is 3.64. The molecule has 0 aromatic carbocycles. The van der Waals surface area contributed by atoms with Gasteiger partial charge < -0.3 is 5.32 Å². The third kappa shape index (κ3) is 2.28. The smallest absolute Gasteiger partial charge is 0.0957 e. The SMILES string of the molecule is CSc1ccc([C@H]2CCCCN2)cn1. The normalized spacial score (nSPS) is 22.2. The summed E-state index contributed by atoms with van der Waals surface area (Å²) in [6.07, 6.45) is 7.96. The first-order chi connectivity index (χ1) is 6.90. The van der Waals surface area contributed by atoms with Crippen molar-refractivity contribution in [2.75, 3.05) is 12.8 Å². The third-order valence-electron chi connectivity index (χ3n) is 2.68. The Morgan fingerprint density at radius 2 is 2.36 bits per heavy atom. The predicted molar refractivity (Wildman–Crippen MR) is 60.6 cm³/mol. The first-order valence-corrected chi connectivity index (χ1v) is 6.36. The molecule has 0 saturated carbocycles. The highest BCUT2D eigenvalue weighted by atomic mass is 32.2. The van der Waals surface area contributed by atoms with E-state index < -0.39 is 0 Å². The van der Waals surface area contributed by atoms with Crippen LogP contribution in [0.1, 0.15) is 30.9 Å². The van der Waals surface area contributed by atoms with Crippen LogP contribution in [0.2, 0.25) is 0 Å². The Kier molecular flexibility index (Phi) is 3.43. The highest BCUT2D eigenvalue weighted by Crippen LogP contribution is 2.23. The maximum absolute atomic E-state index is 4.40. The van der Waals surface area contributed by atoms with Crippen LogP contribution in [0.15, 0.2) is 23.4 Å². The monoisotopic (exact) mass is 208 g/mol. The number of piperidine rings is 1. The van der Waals surface area contributed by atoms with Crippen LogP contribution in [0.25, 0.3) is 0 Å². The van der Waals surface area contributed by atoms with E-state index >= 15 is 0 Å². The Morgan fingerprint density at radius 1 is 1.43 bits per heavy atom. The molecule has 0 radical (unpaired) electrons. The lowest BCUT2D eigenvalue weighted by Crippen LogP contribution is -2.26. The van der Waals surface area contributed by atoms with Gasteiger partial charge in [-0.1, -0.05) is 12.5 Å². The van der Waals surface area contributed by atoms with Crippen molar-refractivity contribution in [3.8, 4) is 0 Å². The third-order valence-corrected chi connectivity index (χ3v) is 3.34. The largest absolute Gasteiger partial charge is 0.310 e. The van der Waals surface area contributed by atoms with Gasteiger partial charge in [0.2, 0.25) is 0 Å². The summed E-state index contributed by atoms with van der Waals surface area (Å²) in [4.78, 5) is 4.40. The predicted octanol–water partition coefficient (Wildman–Crippen LogP) is 2.62. The minimum absolute atomic E-state index is 0.534. The van der Waals surface area contributed by atoms with Crippen molar-refractivity contribution in [3.05, 3.63) is 23.9 Å². The van der Waals surface area contributed by atoms with E-state index in [1.165, 1.54) is 24.8 Å². The molecule has 1 N–H and O–H groups in total. The number of pyridine rings is 1. The maximum atomic E-state index is 4.40. The molecule has 1 aliphatic rings. The van der Waals surface area contributed by atoms with Gasteiger partial charge in [-0.3, -0.25) is 0 Å². The molecule has 1 fully saturated rings. The molecule has 0 bridgehead atoms. The molecule has 1 aromatic rings. The molecule has 76 valence electrons. The van der Waals surface area contributed by atoms with E-state index in [2.05, 4.69) is 28.7 Å². The summed E-state index contributed by atoms with van der Waals surface area (Å²) in [6.45, 7) is 1.15. The van der Waals surface area contributed by atoms with Crippen molar-refractivity contribution in [1.29, 1.82) is 0 Å². The summed E-state index contributed by atoms with van der Waals surface area (Å²) in [5.74, 6) is 0. The van der Waals surface area contributed by atoms with Gasteiger partial charge >= 0.3 is 0 Å². The molecule has 2 heterocycles. The van der Waals surface area contributed by atoms with Gasteiger partial charge in [0.05, 0.1) is 5.03 Å². The lowest BCUT2D eigenvalue weighted by atomic mass is 9.99. The molecule has 2 nitrogen and oxygen atoms in total. The van der Waals surface area contributed by atoms with Gasteiger partial charge in [-0.05, 0) is 37.3 Å². The van der Waals surface area contributed by atoms with Gasteiger partial charge in [-0.15, -0.1) is 11.8 Å². The summed E-state index contributed by atoms with van der Waals surface area (Å²) in [5, 5.41) is 4.63. The zero-order chi connectivity index (χ0) is 9.80. The van der Waals surface area contributed by atoms with Gasteiger partial charge in [0.25, 0.3) is 0 Å². The molecule has 2 rings (SSSR count). The van der Waals surface area contributed by atoms with E-state index in [4.69, 9.17) is 0 Å². The van der Waals surface area contributed by atoms with Crippen LogP contribution in [0.4, 0.5) is 0 Å². The first kappa shape index (κ1) is 9.99. The number of rotatable bonds is 2. The van der Waals surface area contributed by atoms with Crippen molar-refractivity contribution in [2.24, 2.45) is 0 Å². The van der Waals surface area contributed by atoms with Gasteiger partial charge in [-0.2, -0.15) is 0 Å². The number of nitrogens with one attached hydrogen (secondary N) is 1. The molecule has 1 saturated heterocycles. The van der Waals surface area contributed by atoms with Crippen LogP contribution in [0, 0.1) is 0 Å². The van der Waals surface area contributed by atoms with E-state index in [0.717, 1.165) is 11.6 Å². The molecular formula is C11H16N2S. The average Bonchev–Trinajstić information content (AvgIpc) is 2.30. The molecule has 1 aromatic heterocycles. The quantitative estimate of drug-likeness (QED) is 0.756. The maximum Gasteiger partial charge on any atom is 0.0957 e. The van der Waals surface area contributed by atoms with Crippen molar-refractivity contribution in [3.63, 3.8) is 0 Å². The zero-order valence-electron chi connectivity index (χ0n) is 8.49. The number of aromatic nitrogens is 1. The lowest BCUT2D eigenvalue weighted by Gasteiger charge is -2.23. The minimum atomic E-state index is 0.534. The molecule has 0 amide bonds. The molecule has 3 heteroatoms. The summed E-state index contributed by atoms with van der Waals surface area (Å²) < 4.78 is 0. The highest BCUT2D eigenvalue weighted by Gasteiger charge is 2.14. The Morgan fingerprint density at radius 3 is 2.93 bits per heavy atom. The molecule has 0 spiro atoms. The number of nitrogens with zero attached hydrogens (tertiary/aromatic N) is 1. The van der Waals surface area contributed by atoms with E-state index in [1.807, 2.05) is 6.20 Å². The van der Waals surface area contributed by atoms with Crippen molar-refractivity contribution in [2.45, 2.75) is 30.3 Å². The fourth-order valence-corrected chi connectivity index (χ4v) is 2.22. The van der Waals surface area contributed by atoms with Crippen molar-refractivity contribution >= 4 is 11.8 Å². The van der Waals surface area contributed by atoms with Crippen molar-refractivity contribution in [1.82, 2.24) is 10.3 Å². The fourth-order valence-electron chi connectivity index (χ4n) is 1.85. The van der Waals surface area contributed by atoms with E-state index in [9.17, 15) is 0 Å². The molecule has 14 heavy (non-hydrogen) atoms. The van der Waals surface area contributed by atoms with E-state index in [1.54, 1.807) is 11.8 Å². The zero-order valence-corrected chi connectivity index (χ0v) is 9.31. The van der Waals surface area contributed by atoms with Crippen molar-refractivity contribution < 1.29 is 0 Å². The van der Waals surface area contributed by atoms with Gasteiger partial charge in [0, 0.05) is 12.2 Å². The lowest BCUT2D eigenvalue weighted by molar-refractivity contribution is 0.411. The van der Waals surface area contributed by atoms with Crippen LogP contribution >= 0.6 is 11.8 Å². The van der Waals surface area contributed by atoms with Crippen LogP contribution in [0.5, 0.6) is 0 Å². The van der Waals surface area contributed by atoms with Crippen LogP contribution in [0.3, 0.4) is 0 Å². The second kappa shape index (κ2) is 4.80. The molecule has 1 atom stereocenters. The van der Waals surface area contributed by atoms with Gasteiger partial charge in [0.15, 0.2) is 0 Å². The minimum Gasteiger partial charge on any atom is -0.310 e. The number of hydrogen-bond acceptors (Lipinski definition) is 3. The molecule has 0 unspecified atom stereocenters. The Balaban J connectivity index is 2.07. The van der Waals surface area contributed by atoms with E-state index in [0.29, 0.717) is 6.04 Å². The number of hydrogen-bond donors (Lipinski definition) is 1. The van der Waals surface area contributed by atoms with Crippen LogP contribution in [-0.2, 0) is 0 Å². The summed E-state index contributed by atoms with van der Waals surface area (Å²) in [6, 6.07) is 4.84. The Hall–Kier alpha value is -0.540. The standard InChI is InChI=1S/C11H16N2S/c1-14-11-6-5-9(8-13-11)10-4-2-3-7-12-10/h5-6,8,10,12H,2-4,7H2,1H3/t10-/m1/s1. The topological polar surface area (TPSA) is 24.9 Å². The molecule has 0 aliphatic carbocycles. The Labute approximate surface area is 89.5 Å². The van der Waals surface area contributed by atoms with Gasteiger partial charge in [0.1, 0.15) is 0 Å². The van der Waals surface area contributed by atoms with E-state index in [-0.39, 0.29) is 0 Å². The van der Waals surface area contributed by atoms with Crippen LogP contribution < -0.4 is 5.32 Å². The molecular weight excluding hydrogens is 192 g/mol. The highest BCUT2D eigenvalue weighted by molar-refractivity contribution is 7.98. The molecule has 1 aliphatic heterocycles. The van der Waals surface area contributed by atoms with Crippen LogP contribution in [-0.4, -0.2) is 17.8 Å². The summed E-state index contributed by atoms with van der Waals surface area (Å²) in [5.41, 5.74) is 1.34. The van der Waals surface area contributed by atoms with Gasteiger partial charge in [-0.25, -0.2) is 4.98 Å². The first-order valence-electron chi connectivity index (χ1n) is 5.13. The Bertz CT molecular complexity index is 278. The second-order valence-corrected chi connectivity index (χ2v) is 4.46. The summed E-state index contributed by atoms with van der Waals surface area (Å²) >= 11 is 1.69. The average molecular weight is 208 g/mol. The number of thioether (sulfide) groups is 1. The fraction of sp³-hybridized carbons (Fsp3) is 0.545. The summed E-state index contributed by atoms with van der Waals surface area (Å²) in [7, 11) is 0.